The summed E-state index contributed by atoms with van der Waals surface area (Å²) in [6, 6.07) is 0. The molecule has 0 aromatic heterocycles. The Balaban J connectivity index is 2.67. The Morgan fingerprint density at radius 1 is 0.950 bits per heavy atom. The first-order valence-corrected chi connectivity index (χ1v) is 13.3. The number of esters is 3. The summed E-state index contributed by atoms with van der Waals surface area (Å²) in [6.07, 6.45) is -1.99. The Bertz CT molecular complexity index is 1140. The first kappa shape index (κ1) is 33.1. The maximum atomic E-state index is 13.5. The minimum atomic E-state index is -2.45. The summed E-state index contributed by atoms with van der Waals surface area (Å²) in [5.41, 5.74) is -2.20. The van der Waals surface area contributed by atoms with Crippen molar-refractivity contribution in [1.29, 1.82) is 0 Å². The van der Waals surface area contributed by atoms with Crippen LogP contribution in [0.25, 0.3) is 0 Å². The average molecular weight is 563 g/mol. The normalized spacial score (nSPS) is 31.2. The second kappa shape index (κ2) is 12.6. The zero-order valence-electron chi connectivity index (χ0n) is 24.8. The topological polar surface area (TPSA) is 149 Å². The summed E-state index contributed by atoms with van der Waals surface area (Å²) in [7, 11) is 0. The van der Waals surface area contributed by atoms with Gasteiger partial charge in [0.25, 0.3) is 0 Å². The first-order chi connectivity index (χ1) is 18.4. The van der Waals surface area contributed by atoms with Gasteiger partial charge in [-0.2, -0.15) is 0 Å². The minimum Gasteiger partial charge on any atom is -0.455 e. The molecule has 2 aliphatic rings. The fraction of sp³-hybridized carbons (Fsp3) is 0.600. The van der Waals surface area contributed by atoms with Crippen LogP contribution in [0, 0.1) is 5.92 Å². The van der Waals surface area contributed by atoms with Crippen molar-refractivity contribution in [3.63, 3.8) is 0 Å². The summed E-state index contributed by atoms with van der Waals surface area (Å²) in [5.74, 6) is -4.73. The molecule has 0 bridgehead atoms. The van der Waals surface area contributed by atoms with Gasteiger partial charge in [-0.05, 0) is 67.9 Å². The molecule has 7 unspecified atom stereocenters. The second-order valence-corrected chi connectivity index (χ2v) is 11.0. The molecule has 0 aromatic carbocycles. The molecule has 2 rings (SSSR count). The lowest BCUT2D eigenvalue weighted by Gasteiger charge is -2.47. The van der Waals surface area contributed by atoms with E-state index in [1.807, 2.05) is 13.8 Å². The summed E-state index contributed by atoms with van der Waals surface area (Å²) in [5, 5.41) is 22.2. The fourth-order valence-electron chi connectivity index (χ4n) is 4.30. The zero-order chi connectivity index (χ0) is 30.7. The minimum absolute atomic E-state index is 0.0540. The van der Waals surface area contributed by atoms with E-state index in [-0.39, 0.29) is 29.2 Å². The van der Waals surface area contributed by atoms with Crippen molar-refractivity contribution in [2.75, 3.05) is 0 Å². The predicted octanol–water partition coefficient (Wildman–Crippen LogP) is 3.05. The second-order valence-electron chi connectivity index (χ2n) is 11.0. The van der Waals surface area contributed by atoms with Crippen molar-refractivity contribution in [2.24, 2.45) is 5.92 Å². The molecule has 1 aliphatic heterocycles. The van der Waals surface area contributed by atoms with E-state index >= 15 is 0 Å². The lowest BCUT2D eigenvalue weighted by Crippen LogP contribution is -2.67. The number of aliphatic hydroxyl groups is 2. The van der Waals surface area contributed by atoms with Gasteiger partial charge >= 0.3 is 17.9 Å². The standard InChI is InChI=1S/C30H42O10/c1-11-15(4)26(33)37-19(14-20-29(8,9)40-20)18(7)21-22(38-27(34)16(5)12-2)24(31)30(10,36)25(32)23(21)39-28(35)17(6)13-3/h11-13,19-24,31,36H,7,14H2,1-6,8-10H3. The SMILES string of the molecule is C=C(C(CC1OC1(C)C)OC(=O)C(C)=CC)C1C(OC(=O)C(C)=CC)C(=O)C(C)(O)C(O)C1OC(=O)C(C)=CC. The number of aliphatic hydroxyl groups excluding tert-OH is 1. The van der Waals surface area contributed by atoms with Crippen LogP contribution in [0.5, 0.6) is 0 Å². The molecule has 1 aliphatic carbocycles. The largest absolute Gasteiger partial charge is 0.455 e. The number of allylic oxidation sites excluding steroid dienone is 3. The Kier molecular flexibility index (Phi) is 10.4. The molecule has 7 atom stereocenters. The lowest BCUT2D eigenvalue weighted by molar-refractivity contribution is -0.208. The average Bonchev–Trinajstić information content (AvgIpc) is 3.52. The van der Waals surface area contributed by atoms with E-state index < -0.39 is 65.2 Å². The Morgan fingerprint density at radius 2 is 1.40 bits per heavy atom. The fourth-order valence-corrected chi connectivity index (χ4v) is 4.30. The quantitative estimate of drug-likeness (QED) is 0.134. The van der Waals surface area contributed by atoms with Gasteiger partial charge in [0, 0.05) is 23.1 Å². The number of carbonyl (C=O) groups excluding carboxylic acids is 4. The van der Waals surface area contributed by atoms with E-state index in [2.05, 4.69) is 6.58 Å². The summed E-state index contributed by atoms with van der Waals surface area (Å²) >= 11 is 0. The predicted molar refractivity (Wildman–Crippen MR) is 146 cm³/mol. The number of epoxide rings is 1. The number of hydrogen-bond acceptors (Lipinski definition) is 10. The van der Waals surface area contributed by atoms with Gasteiger partial charge in [-0.15, -0.1) is 0 Å². The highest BCUT2D eigenvalue weighted by molar-refractivity contribution is 5.97. The van der Waals surface area contributed by atoms with Crippen molar-refractivity contribution in [3.8, 4) is 0 Å². The van der Waals surface area contributed by atoms with Crippen LogP contribution < -0.4 is 0 Å². The van der Waals surface area contributed by atoms with Crippen LogP contribution in [-0.2, 0) is 38.1 Å². The molecule has 1 heterocycles. The van der Waals surface area contributed by atoms with Crippen molar-refractivity contribution in [2.45, 2.75) is 110 Å². The van der Waals surface area contributed by atoms with Crippen LogP contribution in [0.2, 0.25) is 0 Å². The zero-order valence-corrected chi connectivity index (χ0v) is 24.8. The highest BCUT2D eigenvalue weighted by Gasteiger charge is 2.61. The van der Waals surface area contributed by atoms with E-state index in [4.69, 9.17) is 18.9 Å². The number of rotatable bonds is 10. The molecule has 2 N–H and O–H groups in total. The molecule has 10 heteroatoms. The van der Waals surface area contributed by atoms with Crippen molar-refractivity contribution >= 4 is 23.7 Å². The van der Waals surface area contributed by atoms with Crippen LogP contribution in [0.1, 0.15) is 68.7 Å². The van der Waals surface area contributed by atoms with Crippen LogP contribution in [-0.4, -0.2) is 75.6 Å². The molecule has 0 spiro atoms. The van der Waals surface area contributed by atoms with Gasteiger partial charge < -0.3 is 29.2 Å². The monoisotopic (exact) mass is 562 g/mol. The molecule has 222 valence electrons. The molecule has 1 saturated carbocycles. The third kappa shape index (κ3) is 6.97. The molecule has 2 fully saturated rings. The van der Waals surface area contributed by atoms with Gasteiger partial charge in [0.15, 0.2) is 11.7 Å². The van der Waals surface area contributed by atoms with Crippen LogP contribution in [0.4, 0.5) is 0 Å². The number of Topliss-reactive ketones (excluding diaryl/α,β-unsaturated/α-hetero) is 1. The van der Waals surface area contributed by atoms with E-state index in [0.29, 0.717) is 5.57 Å². The van der Waals surface area contributed by atoms with E-state index in [0.717, 1.165) is 6.92 Å². The summed E-state index contributed by atoms with van der Waals surface area (Å²) in [6.45, 7) is 18.3. The number of ketones is 1. The number of hydrogen-bond donors (Lipinski definition) is 2. The molecule has 40 heavy (non-hydrogen) atoms. The van der Waals surface area contributed by atoms with Gasteiger partial charge in [0.05, 0.1) is 17.6 Å². The highest BCUT2D eigenvalue weighted by Crippen LogP contribution is 2.44. The molecule has 0 aromatic rings. The highest BCUT2D eigenvalue weighted by atomic mass is 16.6. The van der Waals surface area contributed by atoms with Crippen molar-refractivity contribution in [1.82, 2.24) is 0 Å². The molecular formula is C30H42O10. The number of carbonyl (C=O) groups is 4. The van der Waals surface area contributed by atoms with Gasteiger partial charge in [0.2, 0.25) is 5.78 Å². The molecule has 0 amide bonds. The van der Waals surface area contributed by atoms with Gasteiger partial charge in [-0.25, -0.2) is 14.4 Å². The third-order valence-corrected chi connectivity index (χ3v) is 7.75. The Morgan fingerprint density at radius 3 is 1.85 bits per heavy atom. The number of ether oxygens (including phenoxy) is 4. The van der Waals surface area contributed by atoms with E-state index in [9.17, 15) is 29.4 Å². The molecule has 1 saturated heterocycles. The maximum absolute atomic E-state index is 13.5. The molecular weight excluding hydrogens is 520 g/mol. The van der Waals surface area contributed by atoms with Crippen molar-refractivity contribution < 1.29 is 48.3 Å². The van der Waals surface area contributed by atoms with E-state index in [1.54, 1.807) is 33.8 Å². The van der Waals surface area contributed by atoms with Crippen LogP contribution >= 0.6 is 0 Å². The van der Waals surface area contributed by atoms with E-state index in [1.165, 1.54) is 26.0 Å². The lowest BCUT2D eigenvalue weighted by atomic mass is 9.68. The maximum Gasteiger partial charge on any atom is 0.334 e. The molecule has 0 radical (unpaired) electrons. The summed E-state index contributed by atoms with van der Waals surface area (Å²) in [4.78, 5) is 52.1. The Labute approximate surface area is 235 Å². The Hall–Kier alpha value is -3.08. The van der Waals surface area contributed by atoms with Gasteiger partial charge in [-0.1, -0.05) is 24.8 Å². The first-order valence-electron chi connectivity index (χ1n) is 13.3. The summed E-state index contributed by atoms with van der Waals surface area (Å²) < 4.78 is 22.7. The molecule has 10 nitrogen and oxygen atoms in total. The van der Waals surface area contributed by atoms with Crippen LogP contribution in [0.15, 0.2) is 47.1 Å². The van der Waals surface area contributed by atoms with Gasteiger partial charge in [-0.3, -0.25) is 4.79 Å². The smallest absolute Gasteiger partial charge is 0.334 e. The van der Waals surface area contributed by atoms with Crippen LogP contribution in [0.3, 0.4) is 0 Å². The third-order valence-electron chi connectivity index (χ3n) is 7.75. The van der Waals surface area contributed by atoms with Crippen molar-refractivity contribution in [3.05, 3.63) is 47.1 Å². The van der Waals surface area contributed by atoms with Gasteiger partial charge in [0.1, 0.15) is 18.3 Å².